The lowest BCUT2D eigenvalue weighted by Gasteiger charge is -2.29. The van der Waals surface area contributed by atoms with Crippen molar-refractivity contribution >= 4 is 0 Å². The molecule has 2 rings (SSSR count). The summed E-state index contributed by atoms with van der Waals surface area (Å²) in [6, 6.07) is 18.5. The third-order valence-corrected chi connectivity index (χ3v) is 4.67. The zero-order chi connectivity index (χ0) is 18.6. The minimum absolute atomic E-state index is 0.132. The number of hydrogen-bond donors (Lipinski definition) is 2. The zero-order valence-electron chi connectivity index (χ0n) is 15.7. The van der Waals surface area contributed by atoms with Crippen LogP contribution in [0.4, 0.5) is 0 Å². The second kappa shape index (κ2) is 11.7. The molecule has 0 fully saturated rings. The van der Waals surface area contributed by atoms with Gasteiger partial charge in [-0.25, -0.2) is 0 Å². The summed E-state index contributed by atoms with van der Waals surface area (Å²) >= 11 is 0. The summed E-state index contributed by atoms with van der Waals surface area (Å²) in [6.45, 7) is 4.43. The third-order valence-electron chi connectivity index (χ3n) is 4.67. The SMILES string of the molecule is CC[C@@H](CO)N(CCO)CCCc1ccc(COc2ccccc2)cc1. The van der Waals surface area contributed by atoms with E-state index in [4.69, 9.17) is 4.74 Å². The van der Waals surface area contributed by atoms with Crippen LogP contribution in [0.1, 0.15) is 30.9 Å². The minimum Gasteiger partial charge on any atom is -0.489 e. The van der Waals surface area contributed by atoms with Gasteiger partial charge in [-0.3, -0.25) is 4.90 Å². The Morgan fingerprint density at radius 3 is 2.23 bits per heavy atom. The van der Waals surface area contributed by atoms with E-state index < -0.39 is 0 Å². The molecule has 2 aromatic rings. The highest BCUT2D eigenvalue weighted by atomic mass is 16.5. The fraction of sp³-hybridized carbons (Fsp3) is 0.455. The predicted octanol–water partition coefficient (Wildman–Crippen LogP) is 3.26. The van der Waals surface area contributed by atoms with Gasteiger partial charge >= 0.3 is 0 Å². The summed E-state index contributed by atoms with van der Waals surface area (Å²) in [4.78, 5) is 2.18. The number of nitrogens with zero attached hydrogens (tertiary/aromatic N) is 1. The number of hydrogen-bond acceptors (Lipinski definition) is 4. The van der Waals surface area contributed by atoms with Crippen LogP contribution in [0.2, 0.25) is 0 Å². The second-order valence-electron chi connectivity index (χ2n) is 6.53. The van der Waals surface area contributed by atoms with E-state index >= 15 is 0 Å². The fourth-order valence-electron chi connectivity index (χ4n) is 3.08. The molecular formula is C22H31NO3. The van der Waals surface area contributed by atoms with Crippen LogP contribution >= 0.6 is 0 Å². The van der Waals surface area contributed by atoms with Crippen molar-refractivity contribution in [2.75, 3.05) is 26.3 Å². The topological polar surface area (TPSA) is 52.9 Å². The van der Waals surface area contributed by atoms with Crippen molar-refractivity contribution in [3.05, 3.63) is 65.7 Å². The predicted molar refractivity (Wildman–Crippen MR) is 105 cm³/mol. The average molecular weight is 357 g/mol. The lowest BCUT2D eigenvalue weighted by Crippen LogP contribution is -2.40. The van der Waals surface area contributed by atoms with Crippen LogP contribution in [0, 0.1) is 0 Å². The molecule has 0 saturated heterocycles. The summed E-state index contributed by atoms with van der Waals surface area (Å²) in [6.07, 6.45) is 2.90. The number of rotatable bonds is 12. The molecule has 142 valence electrons. The lowest BCUT2D eigenvalue weighted by molar-refractivity contribution is 0.0980. The van der Waals surface area contributed by atoms with Crippen LogP contribution < -0.4 is 4.74 Å². The first-order valence-corrected chi connectivity index (χ1v) is 9.48. The van der Waals surface area contributed by atoms with Gasteiger partial charge in [-0.15, -0.1) is 0 Å². The van der Waals surface area contributed by atoms with E-state index in [2.05, 4.69) is 36.1 Å². The lowest BCUT2D eigenvalue weighted by atomic mass is 10.1. The van der Waals surface area contributed by atoms with Gasteiger partial charge in [0.1, 0.15) is 12.4 Å². The van der Waals surface area contributed by atoms with E-state index in [1.54, 1.807) is 0 Å². The molecule has 0 aliphatic rings. The van der Waals surface area contributed by atoms with E-state index in [0.29, 0.717) is 13.2 Å². The van der Waals surface area contributed by atoms with Crippen LogP contribution in [-0.4, -0.2) is 47.5 Å². The molecule has 0 spiro atoms. The van der Waals surface area contributed by atoms with Gasteiger partial charge in [0.25, 0.3) is 0 Å². The zero-order valence-corrected chi connectivity index (χ0v) is 15.7. The highest BCUT2D eigenvalue weighted by Gasteiger charge is 2.14. The minimum atomic E-state index is 0.132. The highest BCUT2D eigenvalue weighted by molar-refractivity contribution is 5.24. The van der Waals surface area contributed by atoms with Gasteiger partial charge in [-0.2, -0.15) is 0 Å². The van der Waals surface area contributed by atoms with Gasteiger partial charge in [0.15, 0.2) is 0 Å². The molecular weight excluding hydrogens is 326 g/mol. The number of benzene rings is 2. The first kappa shape index (κ1) is 20.4. The molecule has 0 unspecified atom stereocenters. The summed E-state index contributed by atoms with van der Waals surface area (Å²) in [5, 5.41) is 18.7. The number of para-hydroxylation sites is 1. The van der Waals surface area contributed by atoms with Crippen molar-refractivity contribution in [3.8, 4) is 5.75 Å². The molecule has 2 N–H and O–H groups in total. The van der Waals surface area contributed by atoms with Crippen molar-refractivity contribution < 1.29 is 14.9 Å². The molecule has 0 heterocycles. The van der Waals surface area contributed by atoms with Crippen molar-refractivity contribution in [2.24, 2.45) is 0 Å². The fourth-order valence-corrected chi connectivity index (χ4v) is 3.08. The smallest absolute Gasteiger partial charge is 0.119 e. The Kier molecular flexibility index (Phi) is 9.18. The highest BCUT2D eigenvalue weighted by Crippen LogP contribution is 2.13. The Bertz CT molecular complexity index is 597. The molecule has 0 aliphatic heterocycles. The molecule has 26 heavy (non-hydrogen) atoms. The molecule has 0 radical (unpaired) electrons. The van der Waals surface area contributed by atoms with Gasteiger partial charge in [0, 0.05) is 12.6 Å². The Balaban J connectivity index is 1.77. The third kappa shape index (κ3) is 6.79. The van der Waals surface area contributed by atoms with Crippen molar-refractivity contribution in [2.45, 2.75) is 38.8 Å². The van der Waals surface area contributed by atoms with E-state index in [0.717, 1.165) is 37.1 Å². The molecule has 0 saturated carbocycles. The van der Waals surface area contributed by atoms with Crippen LogP contribution in [0.15, 0.2) is 54.6 Å². The molecule has 1 atom stereocenters. The Morgan fingerprint density at radius 2 is 1.62 bits per heavy atom. The second-order valence-corrected chi connectivity index (χ2v) is 6.53. The first-order valence-electron chi connectivity index (χ1n) is 9.48. The summed E-state index contributed by atoms with van der Waals surface area (Å²) in [5.41, 5.74) is 2.46. The quantitative estimate of drug-likeness (QED) is 0.612. The summed E-state index contributed by atoms with van der Waals surface area (Å²) in [7, 11) is 0. The molecule has 4 heteroatoms. The van der Waals surface area contributed by atoms with E-state index in [1.165, 1.54) is 5.56 Å². The van der Waals surface area contributed by atoms with E-state index in [1.807, 2.05) is 30.3 Å². The molecule has 0 amide bonds. The van der Waals surface area contributed by atoms with E-state index in [-0.39, 0.29) is 19.3 Å². The maximum atomic E-state index is 9.47. The Hall–Kier alpha value is -1.88. The number of aliphatic hydroxyl groups excluding tert-OH is 2. The van der Waals surface area contributed by atoms with Crippen molar-refractivity contribution in [1.82, 2.24) is 4.90 Å². The number of ether oxygens (including phenoxy) is 1. The maximum absolute atomic E-state index is 9.47. The normalized spacial score (nSPS) is 12.3. The average Bonchev–Trinajstić information content (AvgIpc) is 2.69. The van der Waals surface area contributed by atoms with Gasteiger partial charge in [-0.05, 0) is 49.1 Å². The standard InChI is InChI=1S/C22H31NO3/c1-2-21(17-25)23(15-16-24)14-6-7-19-10-12-20(13-11-19)18-26-22-8-4-3-5-9-22/h3-5,8-13,21,24-25H,2,6-7,14-18H2,1H3/t21-/m0/s1. The van der Waals surface area contributed by atoms with Crippen molar-refractivity contribution in [3.63, 3.8) is 0 Å². The van der Waals surface area contributed by atoms with E-state index in [9.17, 15) is 10.2 Å². The molecule has 4 nitrogen and oxygen atoms in total. The number of aliphatic hydroxyl groups is 2. The molecule has 0 aliphatic carbocycles. The first-order chi connectivity index (χ1) is 12.8. The summed E-state index contributed by atoms with van der Waals surface area (Å²) < 4.78 is 5.77. The van der Waals surface area contributed by atoms with Crippen LogP contribution in [0.25, 0.3) is 0 Å². The molecule has 0 bridgehead atoms. The Labute approximate surface area is 157 Å². The molecule has 2 aromatic carbocycles. The van der Waals surface area contributed by atoms with Gasteiger partial charge < -0.3 is 14.9 Å². The maximum Gasteiger partial charge on any atom is 0.119 e. The van der Waals surface area contributed by atoms with Crippen LogP contribution in [0.3, 0.4) is 0 Å². The Morgan fingerprint density at radius 1 is 0.923 bits per heavy atom. The van der Waals surface area contributed by atoms with Gasteiger partial charge in [0.05, 0.1) is 13.2 Å². The summed E-state index contributed by atoms with van der Waals surface area (Å²) in [5.74, 6) is 0.884. The van der Waals surface area contributed by atoms with Crippen LogP contribution in [0.5, 0.6) is 5.75 Å². The van der Waals surface area contributed by atoms with Crippen LogP contribution in [-0.2, 0) is 13.0 Å². The largest absolute Gasteiger partial charge is 0.489 e. The van der Waals surface area contributed by atoms with Gasteiger partial charge in [-0.1, -0.05) is 49.4 Å². The number of aryl methyl sites for hydroxylation is 1. The van der Waals surface area contributed by atoms with Crippen molar-refractivity contribution in [1.29, 1.82) is 0 Å². The molecule has 0 aromatic heterocycles. The van der Waals surface area contributed by atoms with Gasteiger partial charge in [0.2, 0.25) is 0 Å². The monoisotopic (exact) mass is 357 g/mol.